The van der Waals surface area contributed by atoms with Crippen LogP contribution in [0.3, 0.4) is 0 Å². The maximum absolute atomic E-state index is 5.83. The summed E-state index contributed by atoms with van der Waals surface area (Å²) in [5.41, 5.74) is 5.83. The second-order valence-electron chi connectivity index (χ2n) is 4.70. The van der Waals surface area contributed by atoms with Crippen LogP contribution in [0.1, 0.15) is 25.6 Å². The number of likely N-dealkylation sites (tertiary alicyclic amines) is 1. The Balaban J connectivity index is 1.76. The Morgan fingerprint density at radius 3 is 3.11 bits per heavy atom. The molecule has 8 nitrogen and oxygen atoms in total. The Morgan fingerprint density at radius 1 is 1.58 bits per heavy atom. The van der Waals surface area contributed by atoms with Crippen molar-refractivity contribution in [2.45, 2.75) is 32.4 Å². The summed E-state index contributed by atoms with van der Waals surface area (Å²) in [4.78, 5) is 8.08. The van der Waals surface area contributed by atoms with Gasteiger partial charge in [0.1, 0.15) is 6.54 Å². The van der Waals surface area contributed by atoms with Crippen molar-refractivity contribution in [2.24, 2.45) is 17.8 Å². The summed E-state index contributed by atoms with van der Waals surface area (Å²) < 4.78 is 0. The monoisotopic (exact) mass is 266 g/mol. The highest BCUT2D eigenvalue weighted by Gasteiger charge is 2.22. The van der Waals surface area contributed by atoms with E-state index in [4.69, 9.17) is 5.73 Å². The van der Waals surface area contributed by atoms with Gasteiger partial charge < -0.3 is 11.1 Å². The lowest BCUT2D eigenvalue weighted by Crippen LogP contribution is -2.42. The van der Waals surface area contributed by atoms with Crippen LogP contribution >= 0.6 is 0 Å². The van der Waals surface area contributed by atoms with E-state index in [9.17, 15) is 0 Å². The number of guanidine groups is 1. The molecule has 1 aliphatic rings. The van der Waals surface area contributed by atoms with Gasteiger partial charge >= 0.3 is 0 Å². The third-order valence-electron chi connectivity index (χ3n) is 3.36. The minimum atomic E-state index is 0.356. The van der Waals surface area contributed by atoms with Gasteiger partial charge in [-0.3, -0.25) is 4.90 Å². The molecule has 8 heteroatoms. The topological polar surface area (TPSA) is 97.2 Å². The number of rotatable bonds is 5. The molecule has 106 valence electrons. The summed E-state index contributed by atoms with van der Waals surface area (Å²) in [6, 6.07) is 0.563. The van der Waals surface area contributed by atoms with E-state index in [1.165, 1.54) is 24.2 Å². The van der Waals surface area contributed by atoms with Crippen molar-refractivity contribution < 1.29 is 0 Å². The number of likely N-dealkylation sites (N-methyl/N-ethyl adjacent to an activating group) is 1. The van der Waals surface area contributed by atoms with Gasteiger partial charge in [0.2, 0.25) is 0 Å². The lowest BCUT2D eigenvalue weighted by molar-refractivity contribution is 0.267. The highest BCUT2D eigenvalue weighted by Crippen LogP contribution is 2.15. The van der Waals surface area contributed by atoms with Gasteiger partial charge in [-0.15, -0.1) is 10.2 Å². The number of tetrazole rings is 1. The van der Waals surface area contributed by atoms with Crippen molar-refractivity contribution in [3.05, 3.63) is 5.82 Å². The molecule has 1 aliphatic heterocycles. The third kappa shape index (κ3) is 3.88. The Morgan fingerprint density at radius 2 is 2.42 bits per heavy atom. The molecule has 1 fully saturated rings. The summed E-state index contributed by atoms with van der Waals surface area (Å²) in [6.45, 7) is 5.66. The molecule has 3 N–H and O–H groups in total. The van der Waals surface area contributed by atoms with Crippen LogP contribution < -0.4 is 11.1 Å². The standard InChI is InChI=1S/C11H22N8/c1-3-19-6-4-5-9(19)7-13-11(12)14-8-10-15-17-18(2)16-10/h9H,3-8H2,1-2H3,(H3,12,13,14). The van der Waals surface area contributed by atoms with E-state index in [0.29, 0.717) is 24.4 Å². The average molecular weight is 266 g/mol. The largest absolute Gasteiger partial charge is 0.370 e. The molecule has 1 aromatic rings. The Hall–Kier alpha value is -1.70. The molecule has 0 aliphatic carbocycles. The summed E-state index contributed by atoms with van der Waals surface area (Å²) in [7, 11) is 1.72. The van der Waals surface area contributed by atoms with Crippen LogP contribution in [0.25, 0.3) is 0 Å². The van der Waals surface area contributed by atoms with Crippen LogP contribution in [0.15, 0.2) is 4.99 Å². The molecule has 1 atom stereocenters. The van der Waals surface area contributed by atoms with Gasteiger partial charge in [0.05, 0.1) is 7.05 Å². The fourth-order valence-corrected chi connectivity index (χ4v) is 2.36. The number of aliphatic imine (C=N–C) groups is 1. The van der Waals surface area contributed by atoms with Crippen molar-refractivity contribution in [1.29, 1.82) is 0 Å². The van der Waals surface area contributed by atoms with Gasteiger partial charge in [0.15, 0.2) is 11.8 Å². The number of nitrogens with zero attached hydrogens (tertiary/aromatic N) is 6. The lowest BCUT2D eigenvalue weighted by Gasteiger charge is -2.23. The van der Waals surface area contributed by atoms with Crippen LogP contribution in [-0.2, 0) is 13.6 Å². The van der Waals surface area contributed by atoms with Crippen LogP contribution in [0.5, 0.6) is 0 Å². The maximum Gasteiger partial charge on any atom is 0.196 e. The van der Waals surface area contributed by atoms with Crippen LogP contribution in [0.4, 0.5) is 0 Å². The van der Waals surface area contributed by atoms with Gasteiger partial charge in [-0.25, -0.2) is 4.99 Å². The quantitative estimate of drug-likeness (QED) is 0.529. The molecular weight excluding hydrogens is 244 g/mol. The van der Waals surface area contributed by atoms with Crippen LogP contribution in [0.2, 0.25) is 0 Å². The smallest absolute Gasteiger partial charge is 0.196 e. The predicted octanol–water partition coefficient (Wildman–Crippen LogP) is -0.901. The molecule has 1 unspecified atom stereocenters. The van der Waals surface area contributed by atoms with E-state index >= 15 is 0 Å². The first-order valence-corrected chi connectivity index (χ1v) is 6.69. The zero-order valence-electron chi connectivity index (χ0n) is 11.6. The summed E-state index contributed by atoms with van der Waals surface area (Å²) in [5, 5.41) is 14.8. The van der Waals surface area contributed by atoms with Gasteiger partial charge in [-0.2, -0.15) is 4.80 Å². The molecule has 0 aromatic carbocycles. The van der Waals surface area contributed by atoms with Crippen molar-refractivity contribution in [2.75, 3.05) is 19.6 Å². The molecule has 0 amide bonds. The van der Waals surface area contributed by atoms with E-state index in [1.807, 2.05) is 0 Å². The predicted molar refractivity (Wildman–Crippen MR) is 72.4 cm³/mol. The molecule has 1 saturated heterocycles. The summed E-state index contributed by atoms with van der Waals surface area (Å²) in [6.07, 6.45) is 2.49. The van der Waals surface area contributed by atoms with E-state index in [-0.39, 0.29) is 0 Å². The molecule has 0 radical (unpaired) electrons. The Labute approximate surface area is 113 Å². The van der Waals surface area contributed by atoms with Crippen molar-refractivity contribution in [1.82, 2.24) is 30.4 Å². The fraction of sp³-hybridized carbons (Fsp3) is 0.818. The number of nitrogens with one attached hydrogen (secondary N) is 1. The first-order valence-electron chi connectivity index (χ1n) is 6.69. The van der Waals surface area contributed by atoms with E-state index in [0.717, 1.165) is 13.1 Å². The third-order valence-corrected chi connectivity index (χ3v) is 3.36. The number of aromatic nitrogens is 4. The molecule has 0 saturated carbocycles. The normalized spacial score (nSPS) is 20.9. The molecule has 2 rings (SSSR count). The first-order chi connectivity index (χ1) is 9.19. The summed E-state index contributed by atoms with van der Waals surface area (Å²) >= 11 is 0. The van der Waals surface area contributed by atoms with Crippen molar-refractivity contribution in [3.63, 3.8) is 0 Å². The molecule has 19 heavy (non-hydrogen) atoms. The number of nitrogens with two attached hydrogens (primary N) is 1. The van der Waals surface area contributed by atoms with Gasteiger partial charge in [0, 0.05) is 12.6 Å². The lowest BCUT2D eigenvalue weighted by atomic mass is 10.2. The second-order valence-corrected chi connectivity index (χ2v) is 4.70. The Kier molecular flexibility index (Phi) is 4.67. The minimum absolute atomic E-state index is 0.356. The maximum atomic E-state index is 5.83. The van der Waals surface area contributed by atoms with E-state index in [2.05, 4.69) is 37.5 Å². The van der Waals surface area contributed by atoms with E-state index in [1.54, 1.807) is 7.05 Å². The highest BCUT2D eigenvalue weighted by molar-refractivity contribution is 5.77. The first kappa shape index (κ1) is 13.7. The molecule has 0 bridgehead atoms. The number of hydrogen-bond acceptors (Lipinski definition) is 5. The van der Waals surface area contributed by atoms with E-state index < -0.39 is 0 Å². The molecular formula is C11H22N8. The SMILES string of the molecule is CCN1CCCC1CNC(N)=NCc1nnn(C)n1. The van der Waals surface area contributed by atoms with Gasteiger partial charge in [0.25, 0.3) is 0 Å². The average Bonchev–Trinajstić information content (AvgIpc) is 3.02. The molecule has 2 heterocycles. The number of hydrogen-bond donors (Lipinski definition) is 2. The van der Waals surface area contributed by atoms with Gasteiger partial charge in [-0.1, -0.05) is 6.92 Å². The second kappa shape index (κ2) is 6.46. The zero-order valence-corrected chi connectivity index (χ0v) is 11.6. The minimum Gasteiger partial charge on any atom is -0.370 e. The Bertz CT molecular complexity index is 426. The highest BCUT2D eigenvalue weighted by atomic mass is 15.6. The summed E-state index contributed by atoms with van der Waals surface area (Å²) in [5.74, 6) is 1.01. The number of aryl methyl sites for hydroxylation is 1. The van der Waals surface area contributed by atoms with Gasteiger partial charge in [-0.05, 0) is 31.1 Å². The molecule has 0 spiro atoms. The van der Waals surface area contributed by atoms with Crippen LogP contribution in [0, 0.1) is 0 Å². The van der Waals surface area contributed by atoms with Crippen LogP contribution in [-0.4, -0.2) is 56.7 Å². The molecule has 1 aromatic heterocycles. The van der Waals surface area contributed by atoms with Crippen molar-refractivity contribution >= 4 is 5.96 Å². The zero-order chi connectivity index (χ0) is 13.7. The van der Waals surface area contributed by atoms with Crippen molar-refractivity contribution in [3.8, 4) is 0 Å². The fourth-order valence-electron chi connectivity index (χ4n) is 2.36.